The van der Waals surface area contributed by atoms with Crippen molar-refractivity contribution in [3.63, 3.8) is 0 Å². The van der Waals surface area contributed by atoms with Crippen LogP contribution >= 0.6 is 0 Å². The zero-order chi connectivity index (χ0) is 15.0. The second kappa shape index (κ2) is 8.69. The Balaban J connectivity index is 2.55. The lowest BCUT2D eigenvalue weighted by Gasteiger charge is -2.25. The molecule has 112 valence electrons. The van der Waals surface area contributed by atoms with Crippen molar-refractivity contribution in [1.82, 2.24) is 9.88 Å². The van der Waals surface area contributed by atoms with Crippen LogP contribution < -0.4 is 4.90 Å². The van der Waals surface area contributed by atoms with E-state index in [0.717, 1.165) is 44.8 Å². The molecular formula is C16H27N3O. The zero-order valence-electron chi connectivity index (χ0n) is 13.2. The summed E-state index contributed by atoms with van der Waals surface area (Å²) in [5.41, 5.74) is 1.63. The van der Waals surface area contributed by atoms with E-state index in [9.17, 15) is 4.79 Å². The monoisotopic (exact) mass is 277 g/mol. The van der Waals surface area contributed by atoms with Crippen molar-refractivity contribution in [1.29, 1.82) is 0 Å². The fourth-order valence-electron chi connectivity index (χ4n) is 2.28. The average Bonchev–Trinajstić information content (AvgIpc) is 2.48. The summed E-state index contributed by atoms with van der Waals surface area (Å²) in [4.78, 5) is 20.2. The van der Waals surface area contributed by atoms with E-state index in [1.54, 1.807) is 13.1 Å². The Bertz CT molecular complexity index is 399. The first kappa shape index (κ1) is 16.6. The number of pyridine rings is 1. The Labute approximate surface area is 122 Å². The van der Waals surface area contributed by atoms with E-state index in [0.29, 0.717) is 5.69 Å². The fourth-order valence-corrected chi connectivity index (χ4v) is 2.28. The number of hydrogen-bond acceptors (Lipinski definition) is 4. The quantitative estimate of drug-likeness (QED) is 0.650. The Hall–Kier alpha value is -1.42. The molecule has 0 saturated heterocycles. The lowest BCUT2D eigenvalue weighted by Crippen LogP contribution is -2.30. The summed E-state index contributed by atoms with van der Waals surface area (Å²) in [6, 6.07) is 3.80. The van der Waals surface area contributed by atoms with E-state index in [4.69, 9.17) is 0 Å². The third-order valence-corrected chi connectivity index (χ3v) is 3.65. The van der Waals surface area contributed by atoms with Crippen LogP contribution in [0.1, 0.15) is 44.6 Å². The highest BCUT2D eigenvalue weighted by Crippen LogP contribution is 2.13. The molecule has 0 saturated carbocycles. The number of anilines is 1. The summed E-state index contributed by atoms with van der Waals surface area (Å²) >= 11 is 0. The Morgan fingerprint density at radius 3 is 2.25 bits per heavy atom. The van der Waals surface area contributed by atoms with Gasteiger partial charge in [0.1, 0.15) is 5.69 Å². The van der Waals surface area contributed by atoms with Gasteiger partial charge in [-0.25, -0.2) is 0 Å². The molecule has 0 aromatic carbocycles. The van der Waals surface area contributed by atoms with Gasteiger partial charge in [-0.05, 0) is 45.1 Å². The van der Waals surface area contributed by atoms with Gasteiger partial charge in [-0.1, -0.05) is 13.8 Å². The van der Waals surface area contributed by atoms with Gasteiger partial charge < -0.3 is 9.80 Å². The number of nitrogens with zero attached hydrogens (tertiary/aromatic N) is 3. The Kier molecular flexibility index (Phi) is 7.23. The van der Waals surface area contributed by atoms with Gasteiger partial charge in [0.15, 0.2) is 5.78 Å². The van der Waals surface area contributed by atoms with Gasteiger partial charge in [-0.15, -0.1) is 0 Å². The molecule has 0 amide bonds. The molecular weight excluding hydrogens is 250 g/mol. The Morgan fingerprint density at radius 2 is 1.80 bits per heavy atom. The minimum absolute atomic E-state index is 0.0149. The molecule has 1 aromatic rings. The van der Waals surface area contributed by atoms with Crippen molar-refractivity contribution in [2.24, 2.45) is 0 Å². The maximum Gasteiger partial charge on any atom is 0.178 e. The van der Waals surface area contributed by atoms with Crippen molar-refractivity contribution in [2.75, 3.05) is 37.6 Å². The summed E-state index contributed by atoms with van der Waals surface area (Å²) in [6.45, 7) is 13.4. The highest BCUT2D eigenvalue weighted by molar-refractivity contribution is 5.92. The number of rotatable bonds is 9. The lowest BCUT2D eigenvalue weighted by molar-refractivity contribution is 0.101. The molecule has 1 rings (SSSR count). The van der Waals surface area contributed by atoms with Gasteiger partial charge in [0, 0.05) is 20.0 Å². The van der Waals surface area contributed by atoms with Crippen molar-refractivity contribution >= 4 is 11.5 Å². The Morgan fingerprint density at radius 1 is 1.10 bits per heavy atom. The normalized spacial score (nSPS) is 10.8. The average molecular weight is 277 g/mol. The van der Waals surface area contributed by atoms with Crippen LogP contribution in [0.3, 0.4) is 0 Å². The molecule has 20 heavy (non-hydrogen) atoms. The molecule has 0 radical (unpaired) electrons. The minimum Gasteiger partial charge on any atom is -0.371 e. The third kappa shape index (κ3) is 4.93. The maximum atomic E-state index is 11.2. The largest absolute Gasteiger partial charge is 0.371 e. The molecule has 0 fully saturated rings. The first-order valence-corrected chi connectivity index (χ1v) is 7.56. The maximum absolute atomic E-state index is 11.2. The minimum atomic E-state index is 0.0149. The summed E-state index contributed by atoms with van der Waals surface area (Å²) in [6.07, 6.45) is 2.95. The number of hydrogen-bond donors (Lipinski definition) is 0. The van der Waals surface area contributed by atoms with E-state index in [-0.39, 0.29) is 5.78 Å². The standard InChI is InChI=1S/C16H27N3O/c1-5-18(6-2)11-8-12-19(7-3)15-9-10-16(14(4)20)17-13-15/h9-10,13H,5-8,11-12H2,1-4H3. The van der Waals surface area contributed by atoms with Crippen molar-refractivity contribution in [3.8, 4) is 0 Å². The van der Waals surface area contributed by atoms with Gasteiger partial charge in [0.05, 0.1) is 11.9 Å². The van der Waals surface area contributed by atoms with Crippen LogP contribution in [0, 0.1) is 0 Å². The molecule has 0 spiro atoms. The van der Waals surface area contributed by atoms with Gasteiger partial charge >= 0.3 is 0 Å². The van der Waals surface area contributed by atoms with Gasteiger partial charge in [0.25, 0.3) is 0 Å². The summed E-state index contributed by atoms with van der Waals surface area (Å²) in [5, 5.41) is 0. The van der Waals surface area contributed by atoms with Crippen LogP contribution in [0.2, 0.25) is 0 Å². The molecule has 4 nitrogen and oxygen atoms in total. The molecule has 0 N–H and O–H groups in total. The SMILES string of the molecule is CCN(CC)CCCN(CC)c1ccc(C(C)=O)nc1. The van der Waals surface area contributed by atoms with E-state index in [1.165, 1.54) is 0 Å². The number of ketones is 1. The summed E-state index contributed by atoms with van der Waals surface area (Å²) in [7, 11) is 0. The first-order chi connectivity index (χ1) is 9.62. The predicted octanol–water partition coefficient (Wildman–Crippen LogP) is 2.84. The molecule has 0 unspecified atom stereocenters. The van der Waals surface area contributed by atoms with Gasteiger partial charge in [-0.2, -0.15) is 0 Å². The predicted molar refractivity (Wildman–Crippen MR) is 84.5 cm³/mol. The molecule has 4 heteroatoms. The molecule has 0 bridgehead atoms. The van der Waals surface area contributed by atoms with Crippen molar-refractivity contribution < 1.29 is 4.79 Å². The van der Waals surface area contributed by atoms with E-state index in [2.05, 4.69) is 35.6 Å². The molecule has 0 aliphatic heterocycles. The topological polar surface area (TPSA) is 36.4 Å². The molecule has 0 aliphatic carbocycles. The highest BCUT2D eigenvalue weighted by atomic mass is 16.1. The number of carbonyl (C=O) groups excluding carboxylic acids is 1. The van der Waals surface area contributed by atoms with Crippen LogP contribution in [0.5, 0.6) is 0 Å². The van der Waals surface area contributed by atoms with Crippen LogP contribution in [0.4, 0.5) is 5.69 Å². The van der Waals surface area contributed by atoms with Crippen LogP contribution in [-0.4, -0.2) is 48.4 Å². The second-order valence-corrected chi connectivity index (χ2v) is 4.92. The summed E-state index contributed by atoms with van der Waals surface area (Å²) in [5.74, 6) is 0.0149. The molecule has 0 aliphatic rings. The van der Waals surface area contributed by atoms with E-state index in [1.807, 2.05) is 12.1 Å². The highest BCUT2D eigenvalue weighted by Gasteiger charge is 2.07. The van der Waals surface area contributed by atoms with E-state index < -0.39 is 0 Å². The van der Waals surface area contributed by atoms with Crippen molar-refractivity contribution in [2.45, 2.75) is 34.1 Å². The van der Waals surface area contributed by atoms with Crippen molar-refractivity contribution in [3.05, 3.63) is 24.0 Å². The molecule has 0 atom stereocenters. The fraction of sp³-hybridized carbons (Fsp3) is 0.625. The number of Topliss-reactive ketones (excluding diaryl/α,β-unsaturated/α-hetero) is 1. The van der Waals surface area contributed by atoms with Gasteiger partial charge in [0.2, 0.25) is 0 Å². The molecule has 1 aromatic heterocycles. The molecule has 1 heterocycles. The lowest BCUT2D eigenvalue weighted by atomic mass is 10.2. The number of carbonyl (C=O) groups is 1. The number of aromatic nitrogens is 1. The zero-order valence-corrected chi connectivity index (χ0v) is 13.2. The van der Waals surface area contributed by atoms with Crippen LogP contribution in [-0.2, 0) is 0 Å². The second-order valence-electron chi connectivity index (χ2n) is 4.92. The first-order valence-electron chi connectivity index (χ1n) is 7.56. The van der Waals surface area contributed by atoms with Gasteiger partial charge in [-0.3, -0.25) is 9.78 Å². The summed E-state index contributed by atoms with van der Waals surface area (Å²) < 4.78 is 0. The smallest absolute Gasteiger partial charge is 0.178 e. The van der Waals surface area contributed by atoms with Crippen LogP contribution in [0.25, 0.3) is 0 Å². The third-order valence-electron chi connectivity index (χ3n) is 3.65. The van der Waals surface area contributed by atoms with Crippen LogP contribution in [0.15, 0.2) is 18.3 Å². The van der Waals surface area contributed by atoms with E-state index >= 15 is 0 Å².